The summed E-state index contributed by atoms with van der Waals surface area (Å²) in [6, 6.07) is 3.55. The maximum atomic E-state index is 10.7. The van der Waals surface area contributed by atoms with Crippen molar-refractivity contribution in [3.05, 3.63) is 33.9 Å². The smallest absolute Gasteiger partial charge is 0.337 e. The Kier molecular flexibility index (Phi) is 3.41. The highest BCUT2D eigenvalue weighted by Gasteiger charge is 2.26. The number of nitro groups is 1. The molecule has 1 unspecified atom stereocenters. The number of nitrogens with zero attached hydrogens (tertiary/aromatic N) is 1. The van der Waals surface area contributed by atoms with Crippen LogP contribution in [0.2, 0.25) is 0 Å². The molecule has 0 radical (unpaired) electrons. The van der Waals surface area contributed by atoms with Crippen molar-refractivity contribution < 1.29 is 24.7 Å². The van der Waals surface area contributed by atoms with Crippen LogP contribution in [0.3, 0.4) is 0 Å². The maximum absolute atomic E-state index is 10.7. The van der Waals surface area contributed by atoms with Crippen molar-refractivity contribution in [2.45, 2.75) is 6.10 Å². The lowest BCUT2D eigenvalue weighted by atomic mass is 10.1. The third kappa shape index (κ3) is 2.26. The monoisotopic (exact) mass is 227 g/mol. The number of hydrogen-bond acceptors (Lipinski definition) is 5. The van der Waals surface area contributed by atoms with E-state index in [1.807, 2.05) is 0 Å². The predicted octanol–water partition coefficient (Wildman–Crippen LogP) is 0.721. The highest BCUT2D eigenvalue weighted by molar-refractivity contribution is 5.76. The molecular formula is C9H9NO6. The summed E-state index contributed by atoms with van der Waals surface area (Å²) in [6.07, 6.45) is -1.92. The molecule has 0 fully saturated rings. The van der Waals surface area contributed by atoms with Crippen molar-refractivity contribution in [1.82, 2.24) is 0 Å². The number of nitro benzene ring substituents is 1. The number of carbonyl (C=O) groups is 1. The fraction of sp³-hybridized carbons (Fsp3) is 0.222. The molecule has 2 N–H and O–H groups in total. The molecule has 1 rings (SSSR count). The second-order valence-corrected chi connectivity index (χ2v) is 2.92. The van der Waals surface area contributed by atoms with Gasteiger partial charge in [-0.25, -0.2) is 4.79 Å². The van der Waals surface area contributed by atoms with Crippen LogP contribution in [0.25, 0.3) is 0 Å². The van der Waals surface area contributed by atoms with Gasteiger partial charge in [0.05, 0.1) is 23.7 Å². The normalized spacial score (nSPS) is 11.9. The van der Waals surface area contributed by atoms with Gasteiger partial charge in [0.2, 0.25) is 0 Å². The first-order chi connectivity index (χ1) is 7.47. The molecule has 0 aliphatic carbocycles. The molecular weight excluding hydrogens is 218 g/mol. The number of aliphatic hydroxyl groups is 1. The van der Waals surface area contributed by atoms with Crippen LogP contribution < -0.4 is 4.74 Å². The lowest BCUT2D eigenvalue weighted by molar-refractivity contribution is -0.386. The Hall–Kier alpha value is -2.15. The Balaban J connectivity index is 3.28. The summed E-state index contributed by atoms with van der Waals surface area (Å²) < 4.78 is 4.77. The number of aliphatic hydroxyl groups excluding tert-OH is 1. The number of hydrogen-bond donors (Lipinski definition) is 2. The van der Waals surface area contributed by atoms with Crippen LogP contribution in [-0.2, 0) is 4.79 Å². The molecule has 0 aliphatic heterocycles. The maximum Gasteiger partial charge on any atom is 0.337 e. The highest BCUT2D eigenvalue weighted by Crippen LogP contribution is 2.29. The molecule has 1 aromatic rings. The van der Waals surface area contributed by atoms with Gasteiger partial charge in [0.1, 0.15) is 5.75 Å². The fourth-order valence-corrected chi connectivity index (χ4v) is 1.17. The Bertz CT molecular complexity index is 430. The van der Waals surface area contributed by atoms with Crippen LogP contribution in [0, 0.1) is 10.1 Å². The van der Waals surface area contributed by atoms with Crippen LogP contribution in [-0.4, -0.2) is 28.2 Å². The first kappa shape index (κ1) is 11.9. The van der Waals surface area contributed by atoms with Crippen molar-refractivity contribution in [3.63, 3.8) is 0 Å². The Morgan fingerprint density at radius 2 is 2.19 bits per heavy atom. The molecule has 0 saturated heterocycles. The second kappa shape index (κ2) is 4.58. The summed E-state index contributed by atoms with van der Waals surface area (Å²) >= 11 is 0. The summed E-state index contributed by atoms with van der Waals surface area (Å²) in [4.78, 5) is 20.4. The number of aliphatic carboxylic acids is 1. The minimum Gasteiger partial charge on any atom is -0.497 e. The van der Waals surface area contributed by atoms with Gasteiger partial charge in [0.25, 0.3) is 5.69 Å². The number of carboxylic acids is 1. The Morgan fingerprint density at radius 1 is 1.56 bits per heavy atom. The van der Waals surface area contributed by atoms with Gasteiger partial charge in [0, 0.05) is 0 Å². The van der Waals surface area contributed by atoms with Crippen LogP contribution in [0.15, 0.2) is 18.2 Å². The Morgan fingerprint density at radius 3 is 2.62 bits per heavy atom. The van der Waals surface area contributed by atoms with E-state index in [4.69, 9.17) is 9.84 Å². The van der Waals surface area contributed by atoms with Gasteiger partial charge < -0.3 is 14.9 Å². The number of benzene rings is 1. The van der Waals surface area contributed by atoms with E-state index >= 15 is 0 Å². The molecule has 0 spiro atoms. The minimum absolute atomic E-state index is 0.216. The second-order valence-electron chi connectivity index (χ2n) is 2.92. The van der Waals surface area contributed by atoms with Crippen LogP contribution in [0.4, 0.5) is 5.69 Å². The van der Waals surface area contributed by atoms with Gasteiger partial charge in [-0.15, -0.1) is 0 Å². The Labute approximate surface area is 90.0 Å². The van der Waals surface area contributed by atoms with Gasteiger partial charge in [-0.2, -0.15) is 0 Å². The molecule has 86 valence electrons. The molecule has 0 saturated carbocycles. The average molecular weight is 227 g/mol. The van der Waals surface area contributed by atoms with Gasteiger partial charge in [0.15, 0.2) is 6.10 Å². The van der Waals surface area contributed by atoms with E-state index in [9.17, 15) is 20.0 Å². The molecule has 16 heavy (non-hydrogen) atoms. The third-order valence-corrected chi connectivity index (χ3v) is 1.96. The van der Waals surface area contributed by atoms with Gasteiger partial charge in [-0.3, -0.25) is 10.1 Å². The van der Waals surface area contributed by atoms with Gasteiger partial charge in [-0.1, -0.05) is 0 Å². The zero-order valence-electron chi connectivity index (χ0n) is 8.28. The van der Waals surface area contributed by atoms with Crippen molar-refractivity contribution in [2.75, 3.05) is 7.11 Å². The van der Waals surface area contributed by atoms with Gasteiger partial charge in [-0.05, 0) is 12.1 Å². The first-order valence-electron chi connectivity index (χ1n) is 4.20. The van der Waals surface area contributed by atoms with Crippen LogP contribution >= 0.6 is 0 Å². The molecule has 7 nitrogen and oxygen atoms in total. The molecule has 0 bridgehead atoms. The van der Waals surface area contributed by atoms with E-state index in [0.29, 0.717) is 0 Å². The van der Waals surface area contributed by atoms with E-state index in [2.05, 4.69) is 0 Å². The van der Waals surface area contributed by atoms with E-state index in [0.717, 1.165) is 12.1 Å². The summed E-state index contributed by atoms with van der Waals surface area (Å²) in [5.41, 5.74) is -0.771. The molecule has 7 heteroatoms. The molecule has 0 amide bonds. The van der Waals surface area contributed by atoms with Crippen molar-refractivity contribution in [1.29, 1.82) is 0 Å². The quantitative estimate of drug-likeness (QED) is 0.579. The zero-order chi connectivity index (χ0) is 12.3. The third-order valence-electron chi connectivity index (χ3n) is 1.96. The highest BCUT2D eigenvalue weighted by atomic mass is 16.6. The summed E-state index contributed by atoms with van der Waals surface area (Å²) in [6.45, 7) is 0. The molecule has 1 atom stereocenters. The number of carboxylic acid groups (broad SMARTS) is 1. The molecule has 0 heterocycles. The molecule has 0 aliphatic rings. The first-order valence-corrected chi connectivity index (χ1v) is 4.20. The van der Waals surface area contributed by atoms with Crippen molar-refractivity contribution >= 4 is 11.7 Å². The zero-order valence-corrected chi connectivity index (χ0v) is 8.28. The minimum atomic E-state index is -1.92. The number of rotatable bonds is 4. The van der Waals surface area contributed by atoms with E-state index < -0.39 is 22.7 Å². The molecule has 1 aromatic carbocycles. The van der Waals surface area contributed by atoms with E-state index in [-0.39, 0.29) is 11.3 Å². The average Bonchev–Trinajstić information content (AvgIpc) is 2.26. The summed E-state index contributed by atoms with van der Waals surface area (Å²) in [5.74, 6) is -1.33. The van der Waals surface area contributed by atoms with E-state index in [1.165, 1.54) is 13.2 Å². The lowest BCUT2D eigenvalue weighted by Crippen LogP contribution is -2.12. The van der Waals surface area contributed by atoms with Crippen molar-refractivity contribution in [2.24, 2.45) is 0 Å². The van der Waals surface area contributed by atoms with E-state index in [1.54, 1.807) is 0 Å². The predicted molar refractivity (Wildman–Crippen MR) is 52.2 cm³/mol. The number of ether oxygens (including phenoxy) is 1. The van der Waals surface area contributed by atoms with Crippen LogP contribution in [0.1, 0.15) is 11.7 Å². The topological polar surface area (TPSA) is 110 Å². The SMILES string of the molecule is COc1ccc(C(O)C(=O)O)c([N+](=O)[O-])c1. The fourth-order valence-electron chi connectivity index (χ4n) is 1.17. The van der Waals surface area contributed by atoms with Gasteiger partial charge >= 0.3 is 5.97 Å². The van der Waals surface area contributed by atoms with Crippen LogP contribution in [0.5, 0.6) is 5.75 Å². The number of methoxy groups -OCH3 is 1. The largest absolute Gasteiger partial charge is 0.497 e. The summed E-state index contributed by atoms with van der Waals surface area (Å²) in [5, 5.41) is 28.5. The molecule has 0 aromatic heterocycles. The lowest BCUT2D eigenvalue weighted by Gasteiger charge is -2.07. The standard InChI is InChI=1S/C9H9NO6/c1-16-5-2-3-6(8(11)9(12)13)7(4-5)10(14)15/h2-4,8,11H,1H3,(H,12,13). The summed E-state index contributed by atoms with van der Waals surface area (Å²) in [7, 11) is 1.33. The van der Waals surface area contributed by atoms with Crippen molar-refractivity contribution in [3.8, 4) is 5.75 Å².